The van der Waals surface area contributed by atoms with Crippen molar-refractivity contribution in [1.29, 1.82) is 5.26 Å². The lowest BCUT2D eigenvalue weighted by Crippen LogP contribution is -1.85. The van der Waals surface area contributed by atoms with Crippen LogP contribution in [0.5, 0.6) is 0 Å². The lowest BCUT2D eigenvalue weighted by molar-refractivity contribution is 0.244. The topological polar surface area (TPSA) is 33.0 Å². The van der Waals surface area contributed by atoms with Gasteiger partial charge in [0.25, 0.3) is 0 Å². The molecular formula is C9H11NO. The third kappa shape index (κ3) is 4.98. The molecule has 0 spiro atoms. The average Bonchev–Trinajstić information content (AvgIpc) is 2.01. The molecule has 0 aromatic rings. The Balaban J connectivity index is 3.85. The summed E-state index contributed by atoms with van der Waals surface area (Å²) in [6.07, 6.45) is 3.19. The van der Waals surface area contributed by atoms with Crippen LogP contribution in [0.25, 0.3) is 0 Å². The van der Waals surface area contributed by atoms with Crippen LogP contribution in [0.3, 0.4) is 0 Å². The fraction of sp³-hybridized carbons (Fsp3) is 0.222. The van der Waals surface area contributed by atoms with E-state index in [9.17, 15) is 0 Å². The van der Waals surface area contributed by atoms with Gasteiger partial charge in [-0.3, -0.25) is 0 Å². The zero-order valence-electron chi connectivity index (χ0n) is 6.63. The first-order chi connectivity index (χ1) is 5.20. The minimum atomic E-state index is 0.394. The highest BCUT2D eigenvalue weighted by molar-refractivity contribution is 5.32. The van der Waals surface area contributed by atoms with Gasteiger partial charge in [-0.25, -0.2) is 0 Å². The molecule has 0 aliphatic heterocycles. The van der Waals surface area contributed by atoms with Crippen molar-refractivity contribution < 1.29 is 4.74 Å². The number of hydrogen-bond acceptors (Lipinski definition) is 2. The van der Waals surface area contributed by atoms with Crippen molar-refractivity contribution >= 4 is 0 Å². The molecule has 0 heterocycles. The first-order valence-corrected chi connectivity index (χ1v) is 3.29. The molecule has 0 rings (SSSR count). The van der Waals surface area contributed by atoms with Gasteiger partial charge in [0.2, 0.25) is 0 Å². The lowest BCUT2D eigenvalue weighted by Gasteiger charge is -1.98. The Morgan fingerprint density at radius 2 is 2.18 bits per heavy atom. The van der Waals surface area contributed by atoms with Gasteiger partial charge in [-0.15, -0.1) is 0 Å². The molecule has 0 saturated heterocycles. The van der Waals surface area contributed by atoms with Gasteiger partial charge in [-0.1, -0.05) is 13.2 Å². The number of allylic oxidation sites excluding steroid dienone is 3. The van der Waals surface area contributed by atoms with Gasteiger partial charge in [0.15, 0.2) is 0 Å². The van der Waals surface area contributed by atoms with Crippen molar-refractivity contribution in [2.45, 2.75) is 6.92 Å². The summed E-state index contributed by atoms with van der Waals surface area (Å²) < 4.78 is 5.00. The molecule has 0 N–H and O–H groups in total. The predicted octanol–water partition coefficient (Wildman–Crippen LogP) is 2.17. The molecule has 2 heteroatoms. The Labute approximate surface area is 67.1 Å². The van der Waals surface area contributed by atoms with E-state index in [4.69, 9.17) is 10.00 Å². The molecule has 0 saturated carbocycles. The molecule has 0 aliphatic rings. The number of ether oxygens (including phenoxy) is 1. The molecule has 0 atom stereocenters. The van der Waals surface area contributed by atoms with Crippen LogP contribution in [-0.2, 0) is 4.74 Å². The van der Waals surface area contributed by atoms with E-state index in [1.165, 1.54) is 0 Å². The summed E-state index contributed by atoms with van der Waals surface area (Å²) in [6.45, 7) is 9.51. The lowest BCUT2D eigenvalue weighted by atomic mass is 10.3. The molecule has 0 unspecified atom stereocenters. The SMILES string of the molecule is C=C(C#N)/C=C\C(=C)OCC. The van der Waals surface area contributed by atoms with Crippen LogP contribution in [0.15, 0.2) is 36.6 Å². The second-order valence-corrected chi connectivity index (χ2v) is 1.87. The van der Waals surface area contributed by atoms with E-state index in [0.29, 0.717) is 17.9 Å². The van der Waals surface area contributed by atoms with Crippen molar-refractivity contribution in [1.82, 2.24) is 0 Å². The number of nitriles is 1. The normalized spacial score (nSPS) is 9.09. The maximum absolute atomic E-state index is 8.31. The molecule has 0 radical (unpaired) electrons. The third-order valence-corrected chi connectivity index (χ3v) is 0.944. The molecule has 2 nitrogen and oxygen atoms in total. The van der Waals surface area contributed by atoms with Gasteiger partial charge in [-0.2, -0.15) is 5.26 Å². The van der Waals surface area contributed by atoms with E-state index in [2.05, 4.69) is 13.2 Å². The zero-order valence-corrected chi connectivity index (χ0v) is 6.63. The van der Waals surface area contributed by atoms with E-state index in [1.54, 1.807) is 12.2 Å². The van der Waals surface area contributed by atoms with E-state index in [0.717, 1.165) is 0 Å². The maximum Gasteiger partial charge on any atom is 0.112 e. The van der Waals surface area contributed by atoms with Crippen molar-refractivity contribution in [3.63, 3.8) is 0 Å². The molecule has 58 valence electrons. The van der Waals surface area contributed by atoms with E-state index >= 15 is 0 Å². The Bertz CT molecular complexity index is 220. The minimum absolute atomic E-state index is 0.394. The van der Waals surface area contributed by atoms with Crippen LogP contribution in [0.4, 0.5) is 0 Å². The van der Waals surface area contributed by atoms with Crippen LogP contribution in [0, 0.1) is 11.3 Å². The van der Waals surface area contributed by atoms with Crippen LogP contribution in [0.1, 0.15) is 6.92 Å². The standard InChI is InChI=1S/C9H11NO/c1-4-11-9(3)6-5-8(2)7-10/h5-6H,2-4H2,1H3/b6-5-. The third-order valence-electron chi connectivity index (χ3n) is 0.944. The van der Waals surface area contributed by atoms with Gasteiger partial charge < -0.3 is 4.74 Å². The van der Waals surface area contributed by atoms with E-state index in [-0.39, 0.29) is 0 Å². The van der Waals surface area contributed by atoms with Gasteiger partial charge in [0.1, 0.15) is 5.76 Å². The van der Waals surface area contributed by atoms with Gasteiger partial charge in [0, 0.05) is 5.57 Å². The monoisotopic (exact) mass is 149 g/mol. The summed E-state index contributed by atoms with van der Waals surface area (Å²) in [4.78, 5) is 0. The average molecular weight is 149 g/mol. The van der Waals surface area contributed by atoms with Crippen LogP contribution in [-0.4, -0.2) is 6.61 Å². The maximum atomic E-state index is 8.31. The quantitative estimate of drug-likeness (QED) is 0.348. The van der Waals surface area contributed by atoms with Crippen LogP contribution < -0.4 is 0 Å². The molecule has 0 fully saturated rings. The van der Waals surface area contributed by atoms with Gasteiger partial charge in [0.05, 0.1) is 12.7 Å². The number of rotatable bonds is 4. The first kappa shape index (κ1) is 9.51. The summed E-state index contributed by atoms with van der Waals surface area (Å²) in [7, 11) is 0. The van der Waals surface area contributed by atoms with Crippen molar-refractivity contribution in [2.24, 2.45) is 0 Å². The molecule has 0 aromatic carbocycles. The molecule has 0 aliphatic carbocycles. The molecule has 0 aromatic heterocycles. The molecule has 0 amide bonds. The van der Waals surface area contributed by atoms with Crippen molar-refractivity contribution in [3.05, 3.63) is 36.6 Å². The van der Waals surface area contributed by atoms with Crippen molar-refractivity contribution in [3.8, 4) is 6.07 Å². The molecule has 11 heavy (non-hydrogen) atoms. The minimum Gasteiger partial charge on any atom is -0.495 e. The predicted molar refractivity (Wildman–Crippen MR) is 44.7 cm³/mol. The van der Waals surface area contributed by atoms with E-state index < -0.39 is 0 Å². The zero-order chi connectivity index (χ0) is 8.69. The number of nitrogens with zero attached hydrogens (tertiary/aromatic N) is 1. The fourth-order valence-corrected chi connectivity index (χ4v) is 0.464. The summed E-state index contributed by atoms with van der Waals surface area (Å²) >= 11 is 0. The highest BCUT2D eigenvalue weighted by Crippen LogP contribution is 1.98. The summed E-state index contributed by atoms with van der Waals surface area (Å²) in [5, 5.41) is 8.31. The van der Waals surface area contributed by atoms with Crippen LogP contribution in [0.2, 0.25) is 0 Å². The van der Waals surface area contributed by atoms with Crippen LogP contribution >= 0.6 is 0 Å². The second-order valence-electron chi connectivity index (χ2n) is 1.87. The van der Waals surface area contributed by atoms with E-state index in [1.807, 2.05) is 13.0 Å². The smallest absolute Gasteiger partial charge is 0.112 e. The second kappa shape index (κ2) is 5.31. The fourth-order valence-electron chi connectivity index (χ4n) is 0.464. The Morgan fingerprint density at radius 1 is 1.55 bits per heavy atom. The number of hydrogen-bond donors (Lipinski definition) is 0. The Hall–Kier alpha value is -1.49. The molecule has 0 bridgehead atoms. The highest BCUT2D eigenvalue weighted by Gasteiger charge is 1.85. The largest absolute Gasteiger partial charge is 0.495 e. The first-order valence-electron chi connectivity index (χ1n) is 3.29. The molecular weight excluding hydrogens is 138 g/mol. The Morgan fingerprint density at radius 3 is 2.64 bits per heavy atom. The summed E-state index contributed by atoms with van der Waals surface area (Å²) in [5.41, 5.74) is 0.394. The summed E-state index contributed by atoms with van der Waals surface area (Å²) in [5.74, 6) is 0.545. The van der Waals surface area contributed by atoms with Gasteiger partial charge in [-0.05, 0) is 19.1 Å². The Kier molecular flexibility index (Phi) is 4.59. The van der Waals surface area contributed by atoms with Gasteiger partial charge >= 0.3 is 0 Å². The highest BCUT2D eigenvalue weighted by atomic mass is 16.5. The van der Waals surface area contributed by atoms with Crippen molar-refractivity contribution in [2.75, 3.05) is 6.61 Å². The summed E-state index contributed by atoms with van der Waals surface area (Å²) in [6, 6.07) is 1.88.